The van der Waals surface area contributed by atoms with E-state index < -0.39 is 12.7 Å². The number of ether oxygens (including phenoxy) is 1. The Labute approximate surface area is 139 Å². The molecule has 0 atom stereocenters. The van der Waals surface area contributed by atoms with E-state index in [-0.39, 0.29) is 19.1 Å². The van der Waals surface area contributed by atoms with E-state index in [2.05, 4.69) is 5.32 Å². The number of benzene rings is 1. The van der Waals surface area contributed by atoms with E-state index in [0.29, 0.717) is 26.1 Å². The lowest BCUT2D eigenvalue weighted by Gasteiger charge is -2.34. The summed E-state index contributed by atoms with van der Waals surface area (Å²) in [4.78, 5) is 14.9. The molecule has 0 bridgehead atoms. The number of hydrogen-bond acceptors (Lipinski definition) is 3. The summed E-state index contributed by atoms with van der Waals surface area (Å²) in [6.07, 6.45) is -3.51. The van der Waals surface area contributed by atoms with Gasteiger partial charge < -0.3 is 15.0 Å². The number of amides is 2. The smallest absolute Gasteiger partial charge is 0.401 e. The SMILES string of the molecule is COc1ccc(CCNC(=O)N2CCN(CC(F)(F)F)CC2)cc1. The summed E-state index contributed by atoms with van der Waals surface area (Å²) in [5, 5.41) is 2.81. The molecular formula is C16H22F3N3O2. The maximum Gasteiger partial charge on any atom is 0.401 e. The Bertz CT molecular complexity index is 526. The Hall–Kier alpha value is -1.96. The lowest BCUT2D eigenvalue weighted by atomic mass is 10.1. The summed E-state index contributed by atoms with van der Waals surface area (Å²) < 4.78 is 42.1. The first kappa shape index (κ1) is 18.4. The van der Waals surface area contributed by atoms with Crippen LogP contribution in [0.5, 0.6) is 5.75 Å². The number of halogens is 3. The Balaban J connectivity index is 1.68. The topological polar surface area (TPSA) is 44.8 Å². The fourth-order valence-corrected chi connectivity index (χ4v) is 2.58. The maximum absolute atomic E-state index is 12.3. The third-order valence-corrected chi connectivity index (χ3v) is 3.91. The predicted molar refractivity (Wildman–Crippen MR) is 84.2 cm³/mol. The van der Waals surface area contributed by atoms with Crippen LogP contribution in [0, 0.1) is 0 Å². The summed E-state index contributed by atoms with van der Waals surface area (Å²) in [5.41, 5.74) is 1.08. The highest BCUT2D eigenvalue weighted by molar-refractivity contribution is 5.74. The first-order valence-corrected chi connectivity index (χ1v) is 7.82. The van der Waals surface area contributed by atoms with Gasteiger partial charge in [-0.05, 0) is 24.1 Å². The van der Waals surface area contributed by atoms with Crippen LogP contribution in [0.3, 0.4) is 0 Å². The molecule has 5 nitrogen and oxygen atoms in total. The number of nitrogens with one attached hydrogen (secondary N) is 1. The van der Waals surface area contributed by atoms with Gasteiger partial charge in [0.05, 0.1) is 13.7 Å². The van der Waals surface area contributed by atoms with E-state index in [1.165, 1.54) is 4.90 Å². The molecule has 2 amide bonds. The first-order valence-electron chi connectivity index (χ1n) is 7.82. The number of nitrogens with zero attached hydrogens (tertiary/aromatic N) is 2. The standard InChI is InChI=1S/C16H22F3N3O2/c1-24-14-4-2-13(3-5-14)6-7-20-15(23)22-10-8-21(9-11-22)12-16(17,18)19/h2-5H,6-12H2,1H3,(H,20,23). The predicted octanol–water partition coefficient (Wildman–Crippen LogP) is 2.13. The normalized spacial score (nSPS) is 16.1. The highest BCUT2D eigenvalue weighted by atomic mass is 19.4. The van der Waals surface area contributed by atoms with Crippen LogP contribution in [0.1, 0.15) is 5.56 Å². The van der Waals surface area contributed by atoms with Gasteiger partial charge in [-0.1, -0.05) is 12.1 Å². The Morgan fingerprint density at radius 1 is 1.17 bits per heavy atom. The van der Waals surface area contributed by atoms with Crippen molar-refractivity contribution >= 4 is 6.03 Å². The molecule has 1 aromatic rings. The third kappa shape index (κ3) is 5.92. The molecule has 1 fully saturated rings. The molecule has 1 aliphatic rings. The molecule has 0 aromatic heterocycles. The van der Waals surface area contributed by atoms with Gasteiger partial charge in [-0.15, -0.1) is 0 Å². The molecule has 1 aliphatic heterocycles. The van der Waals surface area contributed by atoms with Crippen molar-refractivity contribution in [1.29, 1.82) is 0 Å². The molecule has 0 aliphatic carbocycles. The van der Waals surface area contributed by atoms with E-state index >= 15 is 0 Å². The lowest BCUT2D eigenvalue weighted by Crippen LogP contribution is -2.53. The molecule has 8 heteroatoms. The van der Waals surface area contributed by atoms with E-state index in [9.17, 15) is 18.0 Å². The van der Waals surface area contributed by atoms with Gasteiger partial charge >= 0.3 is 12.2 Å². The van der Waals surface area contributed by atoms with Crippen molar-refractivity contribution in [1.82, 2.24) is 15.1 Å². The lowest BCUT2D eigenvalue weighted by molar-refractivity contribution is -0.148. The molecule has 0 unspecified atom stereocenters. The first-order chi connectivity index (χ1) is 11.4. The van der Waals surface area contributed by atoms with Crippen molar-refractivity contribution < 1.29 is 22.7 Å². The van der Waals surface area contributed by atoms with Crippen LogP contribution in [-0.2, 0) is 6.42 Å². The summed E-state index contributed by atoms with van der Waals surface area (Å²) >= 11 is 0. The number of methoxy groups -OCH3 is 1. The average Bonchev–Trinajstić information content (AvgIpc) is 2.54. The van der Waals surface area contributed by atoms with Gasteiger partial charge in [0.15, 0.2) is 0 Å². The molecule has 24 heavy (non-hydrogen) atoms. The fourth-order valence-electron chi connectivity index (χ4n) is 2.58. The molecule has 1 saturated heterocycles. The second kappa shape index (κ2) is 8.23. The van der Waals surface area contributed by atoms with Gasteiger partial charge in [-0.25, -0.2) is 4.79 Å². The number of piperazine rings is 1. The molecular weight excluding hydrogens is 323 g/mol. The number of carbonyl (C=O) groups is 1. The number of alkyl halides is 3. The minimum Gasteiger partial charge on any atom is -0.497 e. The summed E-state index contributed by atoms with van der Waals surface area (Å²) in [7, 11) is 1.60. The van der Waals surface area contributed by atoms with Gasteiger partial charge in [-0.3, -0.25) is 4.90 Å². The molecule has 0 radical (unpaired) electrons. The molecule has 0 saturated carbocycles. The van der Waals surface area contributed by atoms with E-state index in [4.69, 9.17) is 4.74 Å². The zero-order valence-corrected chi connectivity index (χ0v) is 13.6. The van der Waals surface area contributed by atoms with Crippen LogP contribution >= 0.6 is 0 Å². The van der Waals surface area contributed by atoms with Crippen molar-refractivity contribution in [3.05, 3.63) is 29.8 Å². The fraction of sp³-hybridized carbons (Fsp3) is 0.562. The quantitative estimate of drug-likeness (QED) is 0.889. The van der Waals surface area contributed by atoms with Crippen molar-refractivity contribution in [2.75, 3.05) is 46.4 Å². The number of rotatable bonds is 5. The highest BCUT2D eigenvalue weighted by Gasteiger charge is 2.32. The van der Waals surface area contributed by atoms with E-state index in [1.54, 1.807) is 12.0 Å². The summed E-state index contributed by atoms with van der Waals surface area (Å²) in [5.74, 6) is 0.777. The average molecular weight is 345 g/mol. The maximum atomic E-state index is 12.3. The largest absolute Gasteiger partial charge is 0.497 e. The second-order valence-electron chi connectivity index (χ2n) is 5.71. The molecule has 2 rings (SSSR count). The molecule has 1 N–H and O–H groups in total. The van der Waals surface area contributed by atoms with Crippen LogP contribution < -0.4 is 10.1 Å². The van der Waals surface area contributed by atoms with E-state index in [0.717, 1.165) is 11.3 Å². The van der Waals surface area contributed by atoms with Crippen LogP contribution in [0.4, 0.5) is 18.0 Å². The molecule has 1 heterocycles. The Morgan fingerprint density at radius 2 is 1.79 bits per heavy atom. The van der Waals surface area contributed by atoms with Crippen molar-refractivity contribution in [2.45, 2.75) is 12.6 Å². The zero-order valence-electron chi connectivity index (χ0n) is 13.6. The number of carbonyl (C=O) groups excluding carboxylic acids is 1. The molecule has 134 valence electrons. The van der Waals surface area contributed by atoms with Crippen molar-refractivity contribution in [2.24, 2.45) is 0 Å². The van der Waals surface area contributed by atoms with E-state index in [1.807, 2.05) is 24.3 Å². The monoisotopic (exact) mass is 345 g/mol. The van der Waals surface area contributed by atoms with Gasteiger partial charge in [0.2, 0.25) is 0 Å². The van der Waals surface area contributed by atoms with Crippen LogP contribution in [0.25, 0.3) is 0 Å². The summed E-state index contributed by atoms with van der Waals surface area (Å²) in [6, 6.07) is 7.35. The van der Waals surface area contributed by atoms with Gasteiger partial charge in [-0.2, -0.15) is 13.2 Å². The third-order valence-electron chi connectivity index (χ3n) is 3.91. The zero-order chi connectivity index (χ0) is 17.6. The highest BCUT2D eigenvalue weighted by Crippen LogP contribution is 2.17. The molecule has 1 aromatic carbocycles. The van der Waals surface area contributed by atoms with Crippen LogP contribution in [-0.4, -0.2) is 68.4 Å². The summed E-state index contributed by atoms with van der Waals surface area (Å²) in [6.45, 7) is 0.666. The van der Waals surface area contributed by atoms with Gasteiger partial charge in [0.25, 0.3) is 0 Å². The van der Waals surface area contributed by atoms with Crippen molar-refractivity contribution in [3.63, 3.8) is 0 Å². The minimum atomic E-state index is -4.19. The Morgan fingerprint density at radius 3 is 2.33 bits per heavy atom. The second-order valence-corrected chi connectivity index (χ2v) is 5.71. The van der Waals surface area contributed by atoms with Crippen LogP contribution in [0.15, 0.2) is 24.3 Å². The Kier molecular flexibility index (Phi) is 6.30. The number of urea groups is 1. The minimum absolute atomic E-state index is 0.227. The van der Waals surface area contributed by atoms with Gasteiger partial charge in [0, 0.05) is 32.7 Å². The molecule has 0 spiro atoms. The van der Waals surface area contributed by atoms with Crippen molar-refractivity contribution in [3.8, 4) is 5.75 Å². The van der Waals surface area contributed by atoms with Gasteiger partial charge in [0.1, 0.15) is 5.75 Å². The number of hydrogen-bond donors (Lipinski definition) is 1. The van der Waals surface area contributed by atoms with Crippen LogP contribution in [0.2, 0.25) is 0 Å².